The van der Waals surface area contributed by atoms with Gasteiger partial charge in [-0.1, -0.05) is 12.1 Å². The van der Waals surface area contributed by atoms with Gasteiger partial charge in [0.1, 0.15) is 29.2 Å². The normalized spacial score (nSPS) is 20.2. The first-order valence-electron chi connectivity index (χ1n) is 10.3. The molecule has 1 atom stereocenters. The van der Waals surface area contributed by atoms with Crippen LogP contribution in [0, 0.1) is 5.82 Å². The van der Waals surface area contributed by atoms with Gasteiger partial charge < -0.3 is 19.9 Å². The molecule has 0 saturated carbocycles. The maximum absolute atomic E-state index is 13.4. The maximum Gasteiger partial charge on any atom is 0.272 e. The molecule has 29 heavy (non-hydrogen) atoms. The molecule has 2 fully saturated rings. The summed E-state index contributed by atoms with van der Waals surface area (Å²) in [6, 6.07) is 11.8. The summed E-state index contributed by atoms with van der Waals surface area (Å²) in [4.78, 5) is 21.7. The minimum Gasteiger partial charge on any atom is -0.488 e. The molecule has 1 aromatic heterocycles. The van der Waals surface area contributed by atoms with E-state index >= 15 is 0 Å². The van der Waals surface area contributed by atoms with Crippen molar-refractivity contribution in [1.29, 1.82) is 0 Å². The van der Waals surface area contributed by atoms with Crippen LogP contribution in [-0.4, -0.2) is 61.2 Å². The van der Waals surface area contributed by atoms with Crippen LogP contribution in [0.1, 0.15) is 29.8 Å². The van der Waals surface area contributed by atoms with E-state index < -0.39 is 0 Å². The molecule has 7 heteroatoms. The Morgan fingerprint density at radius 3 is 2.90 bits per heavy atom. The number of piperidine rings is 1. The van der Waals surface area contributed by atoms with Crippen LogP contribution in [0.2, 0.25) is 0 Å². The molecule has 1 unspecified atom stereocenters. The number of hydrogen-bond donors (Lipinski definition) is 1. The molecule has 1 N–H and O–H groups in total. The molecule has 1 aromatic carbocycles. The fourth-order valence-electron chi connectivity index (χ4n) is 3.91. The summed E-state index contributed by atoms with van der Waals surface area (Å²) in [7, 11) is 0. The van der Waals surface area contributed by atoms with E-state index in [1.807, 2.05) is 12.1 Å². The molecule has 0 bridgehead atoms. The highest BCUT2D eigenvalue weighted by molar-refractivity contribution is 5.92. The van der Waals surface area contributed by atoms with Crippen molar-refractivity contribution in [1.82, 2.24) is 15.2 Å². The van der Waals surface area contributed by atoms with E-state index in [1.54, 1.807) is 23.1 Å². The lowest BCUT2D eigenvalue weighted by Crippen LogP contribution is -2.44. The first kappa shape index (κ1) is 19.6. The summed E-state index contributed by atoms with van der Waals surface area (Å²) >= 11 is 0. The fourth-order valence-corrected chi connectivity index (χ4v) is 3.91. The van der Waals surface area contributed by atoms with Gasteiger partial charge >= 0.3 is 0 Å². The van der Waals surface area contributed by atoms with Gasteiger partial charge in [-0.15, -0.1) is 0 Å². The number of nitrogens with one attached hydrogen (secondary N) is 1. The molecule has 0 spiro atoms. The molecule has 2 saturated heterocycles. The molecule has 6 nitrogen and oxygen atoms in total. The summed E-state index contributed by atoms with van der Waals surface area (Å²) in [5.41, 5.74) is 0.464. The van der Waals surface area contributed by atoms with Crippen LogP contribution >= 0.6 is 0 Å². The average Bonchev–Trinajstić information content (AvgIpc) is 3.03. The summed E-state index contributed by atoms with van der Waals surface area (Å²) < 4.78 is 19.3. The number of halogens is 1. The van der Waals surface area contributed by atoms with Crippen molar-refractivity contribution in [3.63, 3.8) is 0 Å². The average molecular weight is 398 g/mol. The number of nitrogens with zero attached hydrogens (tertiary/aromatic N) is 3. The van der Waals surface area contributed by atoms with E-state index in [4.69, 9.17) is 4.74 Å². The molecule has 0 radical (unpaired) electrons. The van der Waals surface area contributed by atoms with Crippen molar-refractivity contribution in [3.05, 3.63) is 54.0 Å². The first-order valence-corrected chi connectivity index (χ1v) is 10.3. The number of amides is 1. The van der Waals surface area contributed by atoms with E-state index in [1.165, 1.54) is 12.1 Å². The molecule has 154 valence electrons. The van der Waals surface area contributed by atoms with E-state index in [0.29, 0.717) is 24.5 Å². The van der Waals surface area contributed by atoms with Crippen LogP contribution in [0.4, 0.5) is 10.2 Å². The highest BCUT2D eigenvalue weighted by Gasteiger charge is 2.27. The number of aromatic nitrogens is 1. The van der Waals surface area contributed by atoms with Crippen molar-refractivity contribution < 1.29 is 13.9 Å². The Labute approximate surface area is 170 Å². The predicted molar refractivity (Wildman–Crippen MR) is 110 cm³/mol. The zero-order chi connectivity index (χ0) is 20.1. The van der Waals surface area contributed by atoms with Gasteiger partial charge in [0.25, 0.3) is 5.91 Å². The Kier molecular flexibility index (Phi) is 6.24. The highest BCUT2D eigenvalue weighted by Crippen LogP contribution is 2.21. The summed E-state index contributed by atoms with van der Waals surface area (Å²) in [6.07, 6.45) is 2.61. The molecule has 3 heterocycles. The lowest BCUT2D eigenvalue weighted by atomic mass is 10.1. The molecule has 1 amide bonds. The van der Waals surface area contributed by atoms with Gasteiger partial charge in [-0.2, -0.15) is 0 Å². The number of carbonyl (C=O) groups excluding carboxylic acids is 1. The minimum absolute atomic E-state index is 0.0765. The largest absolute Gasteiger partial charge is 0.488 e. The van der Waals surface area contributed by atoms with Gasteiger partial charge in [-0.25, -0.2) is 9.37 Å². The third kappa shape index (κ3) is 5.03. The van der Waals surface area contributed by atoms with Crippen molar-refractivity contribution in [2.24, 2.45) is 0 Å². The summed E-state index contributed by atoms with van der Waals surface area (Å²) in [5.74, 6) is 0.951. The zero-order valence-corrected chi connectivity index (χ0v) is 16.5. The first-order chi connectivity index (χ1) is 14.2. The number of ether oxygens (including phenoxy) is 1. The smallest absolute Gasteiger partial charge is 0.272 e. The van der Waals surface area contributed by atoms with E-state index in [-0.39, 0.29) is 17.8 Å². The van der Waals surface area contributed by atoms with Gasteiger partial charge in [0.2, 0.25) is 0 Å². The SMILES string of the molecule is O=C(c1cccc(N2CCCNCC2)n1)N1CCCC(Oc2cccc(F)c2)C1. The quantitative estimate of drug-likeness (QED) is 0.858. The molecular weight excluding hydrogens is 371 g/mol. The predicted octanol–water partition coefficient (Wildman–Crippen LogP) is 2.70. The molecule has 0 aliphatic carbocycles. The van der Waals surface area contributed by atoms with Gasteiger partial charge in [0.15, 0.2) is 0 Å². The monoisotopic (exact) mass is 398 g/mol. The van der Waals surface area contributed by atoms with E-state index in [0.717, 1.165) is 51.3 Å². The van der Waals surface area contributed by atoms with Crippen molar-refractivity contribution >= 4 is 11.7 Å². The lowest BCUT2D eigenvalue weighted by molar-refractivity contribution is 0.0532. The third-order valence-corrected chi connectivity index (χ3v) is 5.38. The van der Waals surface area contributed by atoms with Crippen LogP contribution in [0.25, 0.3) is 0 Å². The van der Waals surface area contributed by atoms with Crippen LogP contribution in [0.3, 0.4) is 0 Å². The van der Waals surface area contributed by atoms with Crippen molar-refractivity contribution in [3.8, 4) is 5.75 Å². The van der Waals surface area contributed by atoms with E-state index in [9.17, 15) is 9.18 Å². The summed E-state index contributed by atoms with van der Waals surface area (Å²) in [5, 5.41) is 3.38. The Bertz CT molecular complexity index is 839. The van der Waals surface area contributed by atoms with Crippen molar-refractivity contribution in [2.45, 2.75) is 25.4 Å². The van der Waals surface area contributed by atoms with Crippen molar-refractivity contribution in [2.75, 3.05) is 44.2 Å². The minimum atomic E-state index is -0.323. The zero-order valence-electron chi connectivity index (χ0n) is 16.5. The van der Waals surface area contributed by atoms with Crippen LogP contribution < -0.4 is 15.0 Å². The maximum atomic E-state index is 13.4. The number of pyridine rings is 1. The number of anilines is 1. The lowest BCUT2D eigenvalue weighted by Gasteiger charge is -2.33. The van der Waals surface area contributed by atoms with Gasteiger partial charge in [-0.05, 0) is 50.1 Å². The number of rotatable bonds is 4. The highest BCUT2D eigenvalue weighted by atomic mass is 19.1. The van der Waals surface area contributed by atoms with Crippen LogP contribution in [0.5, 0.6) is 5.75 Å². The molecule has 2 aliphatic rings. The topological polar surface area (TPSA) is 57.7 Å². The number of likely N-dealkylation sites (tertiary alicyclic amines) is 1. The van der Waals surface area contributed by atoms with Crippen LogP contribution in [0.15, 0.2) is 42.5 Å². The standard InChI is InChI=1S/C22H27FN4O2/c23-17-5-1-6-18(15-17)29-19-7-3-12-27(16-19)22(28)20-8-2-9-21(25-20)26-13-4-10-24-11-14-26/h1-2,5-6,8-9,15,19,24H,3-4,7,10-14,16H2. The second-order valence-corrected chi connectivity index (χ2v) is 7.56. The Morgan fingerprint density at radius 1 is 1.10 bits per heavy atom. The number of carbonyl (C=O) groups is 1. The Morgan fingerprint density at radius 2 is 2.00 bits per heavy atom. The second-order valence-electron chi connectivity index (χ2n) is 7.56. The fraction of sp³-hybridized carbons (Fsp3) is 0.455. The number of hydrogen-bond acceptors (Lipinski definition) is 5. The van der Waals surface area contributed by atoms with E-state index in [2.05, 4.69) is 15.2 Å². The third-order valence-electron chi connectivity index (χ3n) is 5.38. The van der Waals surface area contributed by atoms with Crippen LogP contribution in [-0.2, 0) is 0 Å². The molecule has 2 aliphatic heterocycles. The molecule has 4 rings (SSSR count). The van der Waals surface area contributed by atoms with Gasteiger partial charge in [0.05, 0.1) is 6.54 Å². The second kappa shape index (κ2) is 9.22. The Balaban J connectivity index is 1.42. The summed E-state index contributed by atoms with van der Waals surface area (Å²) in [6.45, 7) is 4.92. The van der Waals surface area contributed by atoms with Gasteiger partial charge in [0, 0.05) is 32.2 Å². The molecular formula is C22H27FN4O2. The number of benzene rings is 1. The van der Waals surface area contributed by atoms with Gasteiger partial charge in [-0.3, -0.25) is 4.79 Å². The Hall–Kier alpha value is -2.67. The molecule has 2 aromatic rings.